The van der Waals surface area contributed by atoms with E-state index in [1.165, 1.54) is 44.3 Å². The summed E-state index contributed by atoms with van der Waals surface area (Å²) in [6, 6.07) is 10.1. The molecule has 0 saturated heterocycles. The fourth-order valence-corrected chi connectivity index (χ4v) is 3.19. The number of nitrogens with zero attached hydrogens (tertiary/aromatic N) is 1. The molecule has 0 bridgehead atoms. The first-order chi connectivity index (χ1) is 12.2. The number of anilines is 1. The molecule has 0 saturated carbocycles. The highest BCUT2D eigenvalue weighted by Crippen LogP contribution is 2.30. The van der Waals surface area contributed by atoms with E-state index in [0.29, 0.717) is 5.56 Å². The maximum atomic E-state index is 11.9. The van der Waals surface area contributed by atoms with Gasteiger partial charge in [-0.1, -0.05) is 12.1 Å². The SMILES string of the molecule is CNS(=O)(=O)c1cccc(C(C)Nc2ccc(C(C)=O)cc2[N+](=O)[O-])c1. The Bertz CT molecular complexity index is 957. The molecule has 2 aromatic rings. The van der Waals surface area contributed by atoms with Crippen LogP contribution in [-0.2, 0) is 10.0 Å². The third-order valence-electron chi connectivity index (χ3n) is 3.91. The van der Waals surface area contributed by atoms with Crippen molar-refractivity contribution in [2.24, 2.45) is 0 Å². The van der Waals surface area contributed by atoms with Crippen LogP contribution in [0.2, 0.25) is 0 Å². The van der Waals surface area contributed by atoms with Crippen LogP contribution in [0.5, 0.6) is 0 Å². The van der Waals surface area contributed by atoms with Gasteiger partial charge < -0.3 is 5.32 Å². The molecular formula is C17H19N3O5S. The topological polar surface area (TPSA) is 118 Å². The molecule has 0 aliphatic carbocycles. The van der Waals surface area contributed by atoms with Gasteiger partial charge in [0.05, 0.1) is 9.82 Å². The molecule has 0 spiro atoms. The quantitative estimate of drug-likeness (QED) is 0.435. The predicted octanol–water partition coefficient (Wildman–Crippen LogP) is 2.88. The summed E-state index contributed by atoms with van der Waals surface area (Å²) in [6.45, 7) is 3.09. The van der Waals surface area contributed by atoms with E-state index in [4.69, 9.17) is 0 Å². The van der Waals surface area contributed by atoms with E-state index in [2.05, 4.69) is 10.0 Å². The number of carbonyl (C=O) groups is 1. The van der Waals surface area contributed by atoms with Crippen molar-refractivity contribution in [2.75, 3.05) is 12.4 Å². The van der Waals surface area contributed by atoms with Gasteiger partial charge in [-0.25, -0.2) is 13.1 Å². The average molecular weight is 377 g/mol. The minimum atomic E-state index is -3.59. The number of Topliss-reactive ketones (excluding diaryl/α,β-unsaturated/α-hetero) is 1. The summed E-state index contributed by atoms with van der Waals surface area (Å²) in [5, 5.41) is 14.3. The normalized spacial score (nSPS) is 12.4. The van der Waals surface area contributed by atoms with E-state index in [1.807, 2.05) is 0 Å². The van der Waals surface area contributed by atoms with Gasteiger partial charge in [0.25, 0.3) is 5.69 Å². The second-order valence-electron chi connectivity index (χ2n) is 5.69. The number of hydrogen-bond donors (Lipinski definition) is 2. The number of ketones is 1. The van der Waals surface area contributed by atoms with E-state index in [9.17, 15) is 23.3 Å². The Balaban J connectivity index is 2.36. The van der Waals surface area contributed by atoms with Gasteiger partial charge in [-0.15, -0.1) is 0 Å². The molecule has 0 amide bonds. The third-order valence-corrected chi connectivity index (χ3v) is 5.32. The van der Waals surface area contributed by atoms with Crippen molar-refractivity contribution in [1.82, 2.24) is 4.72 Å². The summed E-state index contributed by atoms with van der Waals surface area (Å²) in [4.78, 5) is 22.3. The second kappa shape index (κ2) is 7.63. The van der Waals surface area contributed by atoms with Crippen molar-refractivity contribution >= 4 is 27.2 Å². The Morgan fingerprint density at radius 2 is 1.88 bits per heavy atom. The van der Waals surface area contributed by atoms with Crippen molar-refractivity contribution in [3.63, 3.8) is 0 Å². The molecule has 138 valence electrons. The van der Waals surface area contributed by atoms with Crippen LogP contribution in [-0.4, -0.2) is 26.2 Å². The van der Waals surface area contributed by atoms with Crippen molar-refractivity contribution in [2.45, 2.75) is 24.8 Å². The molecule has 2 rings (SSSR count). The Hall–Kier alpha value is -2.78. The highest BCUT2D eigenvalue weighted by Gasteiger charge is 2.19. The molecule has 26 heavy (non-hydrogen) atoms. The Morgan fingerprint density at radius 3 is 2.46 bits per heavy atom. The summed E-state index contributed by atoms with van der Waals surface area (Å²) in [7, 11) is -2.26. The molecule has 2 aromatic carbocycles. The number of nitro benzene ring substituents is 1. The van der Waals surface area contributed by atoms with Gasteiger partial charge in [0.15, 0.2) is 5.78 Å². The minimum Gasteiger partial charge on any atom is -0.373 e. The zero-order valence-electron chi connectivity index (χ0n) is 14.5. The van der Waals surface area contributed by atoms with Gasteiger partial charge in [0.1, 0.15) is 5.69 Å². The van der Waals surface area contributed by atoms with Crippen LogP contribution in [0.1, 0.15) is 35.8 Å². The van der Waals surface area contributed by atoms with Crippen LogP contribution < -0.4 is 10.0 Å². The Kier molecular flexibility index (Phi) is 5.73. The van der Waals surface area contributed by atoms with Gasteiger partial charge in [0.2, 0.25) is 10.0 Å². The summed E-state index contributed by atoms with van der Waals surface area (Å²) in [6.07, 6.45) is 0. The molecule has 1 atom stereocenters. The van der Waals surface area contributed by atoms with Crippen LogP contribution in [0.15, 0.2) is 47.4 Å². The highest BCUT2D eigenvalue weighted by molar-refractivity contribution is 7.89. The molecule has 0 heterocycles. The lowest BCUT2D eigenvalue weighted by Gasteiger charge is -2.17. The van der Waals surface area contributed by atoms with Crippen molar-refractivity contribution in [3.05, 3.63) is 63.7 Å². The fourth-order valence-electron chi connectivity index (χ4n) is 2.41. The molecule has 0 aliphatic heterocycles. The first-order valence-corrected chi connectivity index (χ1v) is 9.23. The Morgan fingerprint density at radius 1 is 1.19 bits per heavy atom. The van der Waals surface area contributed by atoms with Gasteiger partial charge in [-0.05, 0) is 50.7 Å². The molecular weight excluding hydrogens is 358 g/mol. The molecule has 1 unspecified atom stereocenters. The summed E-state index contributed by atoms with van der Waals surface area (Å²) < 4.78 is 26.1. The number of nitrogens with one attached hydrogen (secondary N) is 2. The molecule has 2 N–H and O–H groups in total. The van der Waals surface area contributed by atoms with Gasteiger partial charge in [-0.3, -0.25) is 14.9 Å². The number of rotatable bonds is 7. The maximum absolute atomic E-state index is 11.9. The Labute approximate surface area is 151 Å². The zero-order chi connectivity index (χ0) is 19.5. The maximum Gasteiger partial charge on any atom is 0.293 e. The van der Waals surface area contributed by atoms with E-state index in [-0.39, 0.29) is 27.6 Å². The van der Waals surface area contributed by atoms with Crippen LogP contribution in [0.3, 0.4) is 0 Å². The van der Waals surface area contributed by atoms with Gasteiger partial charge >= 0.3 is 0 Å². The van der Waals surface area contributed by atoms with E-state index >= 15 is 0 Å². The molecule has 0 fully saturated rings. The molecule has 0 radical (unpaired) electrons. The van der Waals surface area contributed by atoms with Crippen molar-refractivity contribution < 1.29 is 18.1 Å². The van der Waals surface area contributed by atoms with Crippen molar-refractivity contribution in [1.29, 1.82) is 0 Å². The lowest BCUT2D eigenvalue weighted by atomic mass is 10.1. The van der Waals surface area contributed by atoms with Crippen LogP contribution >= 0.6 is 0 Å². The summed E-state index contributed by atoms with van der Waals surface area (Å²) in [5.74, 6) is -0.266. The molecule has 0 aromatic heterocycles. The van der Waals surface area contributed by atoms with Crippen LogP contribution in [0.4, 0.5) is 11.4 Å². The number of carbonyl (C=O) groups excluding carboxylic acids is 1. The van der Waals surface area contributed by atoms with E-state index in [0.717, 1.165) is 0 Å². The molecule has 8 nitrogen and oxygen atoms in total. The first kappa shape index (κ1) is 19.5. The summed E-state index contributed by atoms with van der Waals surface area (Å²) in [5.41, 5.74) is 0.918. The number of nitro groups is 1. The van der Waals surface area contributed by atoms with E-state index in [1.54, 1.807) is 19.1 Å². The smallest absolute Gasteiger partial charge is 0.293 e. The monoisotopic (exact) mass is 377 g/mol. The summed E-state index contributed by atoms with van der Waals surface area (Å²) >= 11 is 0. The zero-order valence-corrected chi connectivity index (χ0v) is 15.3. The predicted molar refractivity (Wildman–Crippen MR) is 97.8 cm³/mol. The van der Waals surface area contributed by atoms with Crippen LogP contribution in [0.25, 0.3) is 0 Å². The third kappa shape index (κ3) is 4.24. The highest BCUT2D eigenvalue weighted by atomic mass is 32.2. The standard InChI is InChI=1S/C17H19N3O5S/c1-11(13-5-4-6-15(9-13)26(24,25)18-3)19-16-8-7-14(12(2)21)10-17(16)20(22)23/h4-11,18-19H,1-3H3. The van der Waals surface area contributed by atoms with Crippen molar-refractivity contribution in [3.8, 4) is 0 Å². The minimum absolute atomic E-state index is 0.104. The number of hydrogen-bond acceptors (Lipinski definition) is 6. The van der Waals surface area contributed by atoms with Gasteiger partial charge in [-0.2, -0.15) is 0 Å². The lowest BCUT2D eigenvalue weighted by molar-refractivity contribution is -0.384. The first-order valence-electron chi connectivity index (χ1n) is 7.75. The number of benzene rings is 2. The lowest BCUT2D eigenvalue weighted by Crippen LogP contribution is -2.19. The molecule has 0 aliphatic rings. The largest absolute Gasteiger partial charge is 0.373 e. The second-order valence-corrected chi connectivity index (χ2v) is 7.58. The fraction of sp³-hybridized carbons (Fsp3) is 0.235. The molecule has 9 heteroatoms. The van der Waals surface area contributed by atoms with Gasteiger partial charge in [0, 0.05) is 17.7 Å². The average Bonchev–Trinajstić information content (AvgIpc) is 2.61. The number of sulfonamides is 1. The van der Waals surface area contributed by atoms with E-state index < -0.39 is 21.0 Å². The van der Waals surface area contributed by atoms with Crippen LogP contribution in [0, 0.1) is 10.1 Å².